The summed E-state index contributed by atoms with van der Waals surface area (Å²) in [4.78, 5) is 18.5. The van der Waals surface area contributed by atoms with Crippen molar-refractivity contribution in [2.75, 3.05) is 11.9 Å². The van der Waals surface area contributed by atoms with Gasteiger partial charge in [0.15, 0.2) is 0 Å². The third-order valence-electron chi connectivity index (χ3n) is 3.65. The van der Waals surface area contributed by atoms with Crippen molar-refractivity contribution in [3.63, 3.8) is 0 Å². The Balaban J connectivity index is 1.62. The van der Waals surface area contributed by atoms with Crippen LogP contribution in [0.3, 0.4) is 0 Å². The lowest BCUT2D eigenvalue weighted by atomic mass is 10.1. The molecule has 2 aliphatic rings. The van der Waals surface area contributed by atoms with E-state index in [1.54, 1.807) is 0 Å². The van der Waals surface area contributed by atoms with Crippen molar-refractivity contribution >= 4 is 22.6 Å². The number of aromatic nitrogens is 2. The van der Waals surface area contributed by atoms with Crippen LogP contribution in [0, 0.1) is 0 Å². The third-order valence-corrected chi connectivity index (χ3v) is 4.31. The molecule has 1 N–H and O–H groups in total. The van der Waals surface area contributed by atoms with Gasteiger partial charge in [-0.15, -0.1) is 0 Å². The Kier molecular flexibility index (Phi) is 3.00. The number of hydrogen-bond acceptors (Lipinski definition) is 5. The van der Waals surface area contributed by atoms with E-state index in [2.05, 4.69) is 35.4 Å². The Bertz CT molecular complexity index is 489. The molecule has 0 spiro atoms. The zero-order valence-electron chi connectivity index (χ0n) is 11.6. The van der Waals surface area contributed by atoms with Crippen LogP contribution in [-0.2, 0) is 4.79 Å². The van der Waals surface area contributed by atoms with Crippen molar-refractivity contribution in [2.24, 2.45) is 0 Å². The van der Waals surface area contributed by atoms with Crippen molar-refractivity contribution in [1.29, 1.82) is 0 Å². The SMILES string of the molecule is CC(C)(C)N1CC(Nc2nc(C3CC3)ns2)CC1=O. The van der Waals surface area contributed by atoms with Gasteiger partial charge in [0.25, 0.3) is 0 Å². The summed E-state index contributed by atoms with van der Waals surface area (Å²) in [6.07, 6.45) is 2.99. The summed E-state index contributed by atoms with van der Waals surface area (Å²) in [5.74, 6) is 1.78. The van der Waals surface area contributed by atoms with E-state index in [0.29, 0.717) is 12.3 Å². The first-order valence-electron chi connectivity index (χ1n) is 6.84. The molecule has 0 radical (unpaired) electrons. The maximum Gasteiger partial charge on any atom is 0.225 e. The van der Waals surface area contributed by atoms with Crippen LogP contribution < -0.4 is 5.32 Å². The van der Waals surface area contributed by atoms with Crippen LogP contribution in [0.2, 0.25) is 0 Å². The molecule has 0 bridgehead atoms. The number of nitrogens with zero attached hydrogens (tertiary/aromatic N) is 3. The highest BCUT2D eigenvalue weighted by Gasteiger charge is 2.36. The first kappa shape index (κ1) is 12.8. The third kappa shape index (κ3) is 2.73. The van der Waals surface area contributed by atoms with Crippen molar-refractivity contribution in [1.82, 2.24) is 14.3 Å². The molecule has 5 nitrogen and oxygen atoms in total. The predicted molar refractivity (Wildman–Crippen MR) is 75.4 cm³/mol. The molecule has 1 saturated heterocycles. The Hall–Kier alpha value is -1.17. The molecule has 2 fully saturated rings. The fourth-order valence-corrected chi connectivity index (χ4v) is 3.15. The standard InChI is InChI=1S/C13H20N4OS/c1-13(2,3)17-7-9(6-10(17)18)14-12-15-11(16-19-12)8-4-5-8/h8-9H,4-7H2,1-3H3,(H,14,15,16). The zero-order chi connectivity index (χ0) is 13.6. The van der Waals surface area contributed by atoms with E-state index in [1.165, 1.54) is 24.4 Å². The Morgan fingerprint density at radius 1 is 1.37 bits per heavy atom. The molecule has 1 unspecified atom stereocenters. The topological polar surface area (TPSA) is 58.1 Å². The van der Waals surface area contributed by atoms with Crippen LogP contribution in [0.25, 0.3) is 0 Å². The van der Waals surface area contributed by atoms with E-state index >= 15 is 0 Å². The normalized spacial score (nSPS) is 24.1. The van der Waals surface area contributed by atoms with Gasteiger partial charge in [-0.25, -0.2) is 4.98 Å². The van der Waals surface area contributed by atoms with E-state index < -0.39 is 0 Å². The minimum atomic E-state index is -0.103. The van der Waals surface area contributed by atoms with Crippen molar-refractivity contribution < 1.29 is 4.79 Å². The largest absolute Gasteiger partial charge is 0.355 e. The van der Waals surface area contributed by atoms with Gasteiger partial charge in [0.2, 0.25) is 11.0 Å². The number of rotatable bonds is 3. The zero-order valence-corrected chi connectivity index (χ0v) is 12.5. The van der Waals surface area contributed by atoms with Crippen LogP contribution in [0.5, 0.6) is 0 Å². The van der Waals surface area contributed by atoms with Crippen LogP contribution >= 0.6 is 11.5 Å². The molecular weight excluding hydrogens is 260 g/mol. The highest BCUT2D eigenvalue weighted by molar-refractivity contribution is 7.09. The Labute approximate surface area is 117 Å². The molecule has 104 valence electrons. The summed E-state index contributed by atoms with van der Waals surface area (Å²) in [6.45, 7) is 6.97. The predicted octanol–water partition coefficient (Wildman–Crippen LogP) is 2.23. The van der Waals surface area contributed by atoms with Crippen molar-refractivity contribution in [3.8, 4) is 0 Å². The molecule has 19 heavy (non-hydrogen) atoms. The van der Waals surface area contributed by atoms with Gasteiger partial charge in [-0.05, 0) is 33.6 Å². The smallest absolute Gasteiger partial charge is 0.225 e. The van der Waals surface area contributed by atoms with E-state index in [9.17, 15) is 4.79 Å². The van der Waals surface area contributed by atoms with Crippen LogP contribution in [0.15, 0.2) is 0 Å². The molecule has 6 heteroatoms. The molecule has 1 aromatic rings. The average Bonchev–Trinajstić information content (AvgIpc) is 2.94. The van der Waals surface area contributed by atoms with Crippen LogP contribution in [-0.4, -0.2) is 38.3 Å². The lowest BCUT2D eigenvalue weighted by Gasteiger charge is -2.32. The molecule has 2 heterocycles. The monoisotopic (exact) mass is 280 g/mol. The van der Waals surface area contributed by atoms with E-state index in [-0.39, 0.29) is 17.5 Å². The van der Waals surface area contributed by atoms with E-state index in [4.69, 9.17) is 0 Å². The van der Waals surface area contributed by atoms with Gasteiger partial charge in [-0.1, -0.05) is 0 Å². The van der Waals surface area contributed by atoms with Crippen LogP contribution in [0.1, 0.15) is 51.8 Å². The van der Waals surface area contributed by atoms with Crippen molar-refractivity contribution in [3.05, 3.63) is 5.82 Å². The number of amides is 1. The summed E-state index contributed by atoms with van der Waals surface area (Å²) in [5, 5.41) is 4.22. The highest BCUT2D eigenvalue weighted by Crippen LogP contribution is 2.39. The lowest BCUT2D eigenvalue weighted by molar-refractivity contribution is -0.131. The van der Waals surface area contributed by atoms with Gasteiger partial charge in [0.05, 0.1) is 6.04 Å². The summed E-state index contributed by atoms with van der Waals surface area (Å²) in [7, 11) is 0. The van der Waals surface area contributed by atoms with Crippen molar-refractivity contribution in [2.45, 2.75) is 57.5 Å². The second-order valence-corrected chi connectivity index (χ2v) is 7.20. The second kappa shape index (κ2) is 4.44. The number of anilines is 1. The number of carbonyl (C=O) groups excluding carboxylic acids is 1. The second-order valence-electron chi connectivity index (χ2n) is 6.45. The number of hydrogen-bond donors (Lipinski definition) is 1. The van der Waals surface area contributed by atoms with Crippen LogP contribution in [0.4, 0.5) is 5.13 Å². The fourth-order valence-electron chi connectivity index (χ4n) is 2.43. The molecule has 0 aromatic carbocycles. The first-order valence-corrected chi connectivity index (χ1v) is 7.61. The molecule has 1 amide bonds. The number of nitrogens with one attached hydrogen (secondary N) is 1. The quantitative estimate of drug-likeness (QED) is 0.922. The molecule has 1 aliphatic heterocycles. The molecule has 1 aromatic heterocycles. The van der Waals surface area contributed by atoms with Gasteiger partial charge < -0.3 is 10.2 Å². The number of likely N-dealkylation sites (tertiary alicyclic amines) is 1. The number of carbonyl (C=O) groups is 1. The summed E-state index contributed by atoms with van der Waals surface area (Å²) in [6, 6.07) is 0.159. The molecule has 1 aliphatic carbocycles. The maximum atomic E-state index is 12.0. The lowest BCUT2D eigenvalue weighted by Crippen LogP contribution is -2.43. The first-order chi connectivity index (χ1) is 8.93. The fraction of sp³-hybridized carbons (Fsp3) is 0.769. The van der Waals surface area contributed by atoms with E-state index in [0.717, 1.165) is 17.5 Å². The Morgan fingerprint density at radius 3 is 2.68 bits per heavy atom. The summed E-state index contributed by atoms with van der Waals surface area (Å²) >= 11 is 1.41. The van der Waals surface area contributed by atoms with Gasteiger partial charge >= 0.3 is 0 Å². The average molecular weight is 280 g/mol. The minimum absolute atomic E-state index is 0.103. The van der Waals surface area contributed by atoms with Gasteiger partial charge in [-0.2, -0.15) is 4.37 Å². The van der Waals surface area contributed by atoms with E-state index in [1.807, 2.05) is 4.90 Å². The molecular formula is C13H20N4OS. The van der Waals surface area contributed by atoms with Gasteiger partial charge in [0.1, 0.15) is 5.82 Å². The van der Waals surface area contributed by atoms with Gasteiger partial charge in [-0.3, -0.25) is 4.79 Å². The Morgan fingerprint density at radius 2 is 2.11 bits per heavy atom. The molecule has 1 atom stereocenters. The highest BCUT2D eigenvalue weighted by atomic mass is 32.1. The minimum Gasteiger partial charge on any atom is -0.355 e. The summed E-state index contributed by atoms with van der Waals surface area (Å²) < 4.78 is 4.38. The summed E-state index contributed by atoms with van der Waals surface area (Å²) in [5.41, 5.74) is -0.103. The molecule has 1 saturated carbocycles. The molecule has 3 rings (SSSR count). The van der Waals surface area contributed by atoms with Gasteiger partial charge in [0, 0.05) is 36.0 Å². The maximum absolute atomic E-state index is 12.0.